The number of hydrogen-bond acceptors (Lipinski definition) is 3. The van der Waals surface area contributed by atoms with Crippen molar-refractivity contribution in [2.75, 3.05) is 5.32 Å². The van der Waals surface area contributed by atoms with Crippen molar-refractivity contribution in [2.24, 2.45) is 5.41 Å². The Morgan fingerprint density at radius 3 is 2.47 bits per heavy atom. The Morgan fingerprint density at radius 2 is 2.00 bits per heavy atom. The van der Waals surface area contributed by atoms with E-state index in [4.69, 9.17) is 12.2 Å². The number of carbonyl (C=O) groups is 1. The van der Waals surface area contributed by atoms with Crippen LogP contribution in [0, 0.1) is 12.3 Å². The lowest BCUT2D eigenvalue weighted by molar-refractivity contribution is -0.126. The van der Waals surface area contributed by atoms with Crippen LogP contribution in [0.5, 0.6) is 0 Å². The van der Waals surface area contributed by atoms with Gasteiger partial charge >= 0.3 is 0 Å². The Kier molecular flexibility index (Phi) is 4.17. The molecule has 2 N–H and O–H groups in total. The van der Waals surface area contributed by atoms with Gasteiger partial charge in [-0.15, -0.1) is 0 Å². The number of carbonyl (C=O) groups excluding carboxylic acids is 1. The third-order valence-corrected chi connectivity index (χ3v) is 2.27. The Balaban J connectivity index is 2.56. The van der Waals surface area contributed by atoms with E-state index in [0.717, 1.165) is 5.56 Å². The van der Waals surface area contributed by atoms with Crippen LogP contribution in [0.15, 0.2) is 18.3 Å². The van der Waals surface area contributed by atoms with E-state index in [1.165, 1.54) is 0 Å². The average Bonchev–Trinajstić information content (AvgIpc) is 2.20. The zero-order chi connectivity index (χ0) is 13.1. The first-order chi connectivity index (χ1) is 7.79. The highest BCUT2D eigenvalue weighted by atomic mass is 32.1. The van der Waals surface area contributed by atoms with E-state index < -0.39 is 5.41 Å². The molecule has 92 valence electrons. The van der Waals surface area contributed by atoms with E-state index in [0.29, 0.717) is 5.82 Å². The van der Waals surface area contributed by atoms with Crippen molar-refractivity contribution in [3.05, 3.63) is 23.9 Å². The summed E-state index contributed by atoms with van der Waals surface area (Å²) in [6, 6.07) is 3.73. The Labute approximate surface area is 107 Å². The minimum atomic E-state index is -0.466. The lowest BCUT2D eigenvalue weighted by Gasteiger charge is -2.18. The molecule has 1 rings (SSSR count). The third-order valence-electron chi connectivity index (χ3n) is 2.06. The second-order valence-corrected chi connectivity index (χ2v) is 5.29. The van der Waals surface area contributed by atoms with Gasteiger partial charge in [-0.05, 0) is 30.8 Å². The maximum Gasteiger partial charge on any atom is 0.231 e. The van der Waals surface area contributed by atoms with Crippen LogP contribution in [0.25, 0.3) is 0 Å². The summed E-state index contributed by atoms with van der Waals surface area (Å²) < 4.78 is 0. The highest BCUT2D eigenvalue weighted by molar-refractivity contribution is 7.80. The Morgan fingerprint density at radius 1 is 1.35 bits per heavy atom. The molecule has 0 aliphatic carbocycles. The molecular weight excluding hydrogens is 234 g/mol. The normalized spacial score (nSPS) is 10.8. The van der Waals surface area contributed by atoms with E-state index in [1.807, 2.05) is 39.8 Å². The standard InChI is InChI=1S/C12H17N3OS/c1-8-5-6-9(13-7-8)14-11(17)15-10(16)12(2,3)4/h5-7H,1-4H3,(H2,13,14,15,16,17). The molecule has 4 nitrogen and oxygen atoms in total. The maximum atomic E-state index is 11.7. The van der Waals surface area contributed by atoms with Gasteiger partial charge in [-0.1, -0.05) is 26.8 Å². The topological polar surface area (TPSA) is 54.0 Å². The molecule has 17 heavy (non-hydrogen) atoms. The van der Waals surface area contributed by atoms with Crippen LogP contribution >= 0.6 is 12.2 Å². The van der Waals surface area contributed by atoms with Gasteiger partial charge in [0.1, 0.15) is 5.82 Å². The number of hydrogen-bond donors (Lipinski definition) is 2. The Hall–Kier alpha value is -1.49. The van der Waals surface area contributed by atoms with Gasteiger partial charge in [0.05, 0.1) is 0 Å². The lowest BCUT2D eigenvalue weighted by Crippen LogP contribution is -2.41. The highest BCUT2D eigenvalue weighted by Gasteiger charge is 2.21. The SMILES string of the molecule is Cc1ccc(NC(=S)NC(=O)C(C)(C)C)nc1. The van der Waals surface area contributed by atoms with Gasteiger partial charge in [-0.2, -0.15) is 0 Å². The summed E-state index contributed by atoms with van der Waals surface area (Å²) in [5.74, 6) is 0.497. The Bertz CT molecular complexity index is 420. The summed E-state index contributed by atoms with van der Waals surface area (Å²) in [4.78, 5) is 15.8. The van der Waals surface area contributed by atoms with Crippen molar-refractivity contribution in [3.63, 3.8) is 0 Å². The van der Waals surface area contributed by atoms with Crippen molar-refractivity contribution in [1.82, 2.24) is 10.3 Å². The van der Waals surface area contributed by atoms with Gasteiger partial charge in [-0.25, -0.2) is 4.98 Å². The molecule has 0 saturated heterocycles. The monoisotopic (exact) mass is 251 g/mol. The van der Waals surface area contributed by atoms with Crippen LogP contribution in [0.4, 0.5) is 5.82 Å². The smallest absolute Gasteiger partial charge is 0.231 e. The zero-order valence-electron chi connectivity index (χ0n) is 10.5. The minimum Gasteiger partial charge on any atom is -0.317 e. The van der Waals surface area contributed by atoms with E-state index in [2.05, 4.69) is 15.6 Å². The summed E-state index contributed by atoms with van der Waals surface area (Å²) in [5, 5.41) is 5.75. The van der Waals surface area contributed by atoms with E-state index in [-0.39, 0.29) is 11.0 Å². The van der Waals surface area contributed by atoms with Gasteiger partial charge in [0.25, 0.3) is 0 Å². The molecule has 1 amide bonds. The number of amides is 1. The average molecular weight is 251 g/mol. The maximum absolute atomic E-state index is 11.7. The molecule has 0 atom stereocenters. The first-order valence-corrected chi connectivity index (χ1v) is 5.75. The van der Waals surface area contributed by atoms with E-state index >= 15 is 0 Å². The number of thiocarbonyl (C=S) groups is 1. The van der Waals surface area contributed by atoms with E-state index in [1.54, 1.807) is 6.20 Å². The van der Waals surface area contributed by atoms with Crippen molar-refractivity contribution >= 4 is 29.1 Å². The van der Waals surface area contributed by atoms with Crippen LogP contribution in [-0.2, 0) is 4.79 Å². The second kappa shape index (κ2) is 5.23. The molecule has 0 aliphatic rings. The summed E-state index contributed by atoms with van der Waals surface area (Å²) >= 11 is 5.03. The molecule has 0 bridgehead atoms. The lowest BCUT2D eigenvalue weighted by atomic mass is 9.96. The number of pyridine rings is 1. The largest absolute Gasteiger partial charge is 0.317 e. The fourth-order valence-corrected chi connectivity index (χ4v) is 1.18. The number of rotatable bonds is 1. The van der Waals surface area contributed by atoms with E-state index in [9.17, 15) is 4.79 Å². The number of aromatic nitrogens is 1. The third kappa shape index (κ3) is 4.48. The molecule has 0 unspecified atom stereocenters. The number of nitrogens with zero attached hydrogens (tertiary/aromatic N) is 1. The molecule has 0 aliphatic heterocycles. The van der Waals surface area contributed by atoms with Crippen LogP contribution in [-0.4, -0.2) is 16.0 Å². The van der Waals surface area contributed by atoms with Gasteiger partial charge in [-0.3, -0.25) is 4.79 Å². The minimum absolute atomic E-state index is 0.123. The predicted octanol–water partition coefficient (Wildman–Crippen LogP) is 2.25. The van der Waals surface area contributed by atoms with Crippen molar-refractivity contribution in [2.45, 2.75) is 27.7 Å². The molecular formula is C12H17N3OS. The molecule has 1 heterocycles. The fraction of sp³-hybridized carbons (Fsp3) is 0.417. The summed E-state index contributed by atoms with van der Waals surface area (Å²) in [5.41, 5.74) is 0.604. The predicted molar refractivity (Wildman–Crippen MR) is 72.8 cm³/mol. The van der Waals surface area contributed by atoms with Gasteiger partial charge in [0.15, 0.2) is 5.11 Å². The number of anilines is 1. The highest BCUT2D eigenvalue weighted by Crippen LogP contribution is 2.12. The second-order valence-electron chi connectivity index (χ2n) is 4.88. The molecule has 1 aromatic heterocycles. The number of nitrogens with one attached hydrogen (secondary N) is 2. The van der Waals surface area contributed by atoms with Gasteiger partial charge in [0, 0.05) is 11.6 Å². The first-order valence-electron chi connectivity index (χ1n) is 5.34. The van der Waals surface area contributed by atoms with Gasteiger partial charge < -0.3 is 10.6 Å². The first kappa shape index (κ1) is 13.6. The summed E-state index contributed by atoms with van der Waals surface area (Å²) in [6.45, 7) is 7.44. The molecule has 0 radical (unpaired) electrons. The van der Waals surface area contributed by atoms with Crippen LogP contribution in [0.3, 0.4) is 0 Å². The quantitative estimate of drug-likeness (QED) is 0.752. The van der Waals surface area contributed by atoms with Crippen molar-refractivity contribution in [1.29, 1.82) is 0 Å². The molecule has 0 aromatic carbocycles. The summed E-state index contributed by atoms with van der Waals surface area (Å²) in [7, 11) is 0. The van der Waals surface area contributed by atoms with Crippen molar-refractivity contribution in [3.8, 4) is 0 Å². The fourth-order valence-electron chi connectivity index (χ4n) is 0.980. The molecule has 1 aromatic rings. The molecule has 0 fully saturated rings. The van der Waals surface area contributed by atoms with Crippen LogP contribution in [0.1, 0.15) is 26.3 Å². The zero-order valence-corrected chi connectivity index (χ0v) is 11.3. The molecule has 0 spiro atoms. The van der Waals surface area contributed by atoms with Crippen LogP contribution in [0.2, 0.25) is 0 Å². The summed E-state index contributed by atoms with van der Waals surface area (Å²) in [6.07, 6.45) is 1.73. The van der Waals surface area contributed by atoms with Crippen molar-refractivity contribution < 1.29 is 4.79 Å². The van der Waals surface area contributed by atoms with Gasteiger partial charge in [0.2, 0.25) is 5.91 Å². The molecule has 5 heteroatoms. The number of aryl methyl sites for hydroxylation is 1. The molecule has 0 saturated carbocycles. The van der Waals surface area contributed by atoms with Crippen LogP contribution < -0.4 is 10.6 Å².